The fourth-order valence-corrected chi connectivity index (χ4v) is 1.87. The van der Waals surface area contributed by atoms with Crippen molar-refractivity contribution in [1.82, 2.24) is 14.4 Å². The quantitative estimate of drug-likeness (QED) is 0.861. The monoisotopic (exact) mass is 299 g/mol. The van der Waals surface area contributed by atoms with Crippen LogP contribution in [0, 0.1) is 0 Å². The van der Waals surface area contributed by atoms with Crippen molar-refractivity contribution in [2.24, 2.45) is 0 Å². The topological polar surface area (TPSA) is 76.7 Å². The van der Waals surface area contributed by atoms with Crippen molar-refractivity contribution in [3.05, 3.63) is 28.5 Å². The third kappa shape index (κ3) is 2.16. The first-order valence-corrected chi connectivity index (χ1v) is 5.77. The van der Waals surface area contributed by atoms with Gasteiger partial charge >= 0.3 is 5.97 Å². The van der Waals surface area contributed by atoms with Gasteiger partial charge in [0.25, 0.3) is 0 Å². The molecule has 2 rings (SSSR count). The number of aromatic nitrogens is 3. The Morgan fingerprint density at radius 2 is 2.41 bits per heavy atom. The Kier molecular flexibility index (Phi) is 3.39. The highest BCUT2D eigenvalue weighted by Gasteiger charge is 2.17. The number of hydrogen-bond donors (Lipinski definition) is 1. The number of aliphatic hydroxyl groups excluding tert-OH is 1. The molecule has 0 spiro atoms. The summed E-state index contributed by atoms with van der Waals surface area (Å²) in [6.45, 7) is 1.81. The SMILES string of the molecule is CCOC(=O)c1nc(Br)c2cnc(CO)cn12. The second-order valence-electron chi connectivity index (χ2n) is 3.24. The molecule has 2 heterocycles. The van der Waals surface area contributed by atoms with Gasteiger partial charge < -0.3 is 9.84 Å². The highest BCUT2D eigenvalue weighted by molar-refractivity contribution is 9.10. The van der Waals surface area contributed by atoms with Crippen molar-refractivity contribution in [3.8, 4) is 0 Å². The van der Waals surface area contributed by atoms with Gasteiger partial charge in [-0.15, -0.1) is 0 Å². The van der Waals surface area contributed by atoms with Gasteiger partial charge in [-0.1, -0.05) is 0 Å². The molecule has 0 aliphatic heterocycles. The standard InChI is InChI=1S/C10H10BrN3O3/c1-2-17-10(16)9-13-8(11)7-3-12-6(5-15)4-14(7)9/h3-4,15H,2,5H2,1H3. The van der Waals surface area contributed by atoms with E-state index in [0.29, 0.717) is 15.8 Å². The van der Waals surface area contributed by atoms with Crippen LogP contribution in [0.4, 0.5) is 0 Å². The first-order chi connectivity index (χ1) is 8.17. The Bertz CT molecular complexity index is 567. The van der Waals surface area contributed by atoms with Crippen LogP contribution in [0.15, 0.2) is 17.0 Å². The Morgan fingerprint density at radius 1 is 1.65 bits per heavy atom. The van der Waals surface area contributed by atoms with Crippen molar-refractivity contribution in [1.29, 1.82) is 0 Å². The molecule has 6 nitrogen and oxygen atoms in total. The molecule has 0 radical (unpaired) electrons. The number of fused-ring (bicyclic) bond motifs is 1. The molecule has 90 valence electrons. The zero-order valence-electron chi connectivity index (χ0n) is 9.05. The Hall–Kier alpha value is -1.47. The Balaban J connectivity index is 2.58. The van der Waals surface area contributed by atoms with Crippen LogP contribution < -0.4 is 0 Å². The molecule has 0 saturated carbocycles. The molecule has 0 bridgehead atoms. The van der Waals surface area contributed by atoms with Gasteiger partial charge in [-0.25, -0.2) is 9.78 Å². The summed E-state index contributed by atoms with van der Waals surface area (Å²) in [5.74, 6) is -0.353. The number of ether oxygens (including phenoxy) is 1. The summed E-state index contributed by atoms with van der Waals surface area (Å²) in [5, 5.41) is 9.01. The molecule has 2 aromatic rings. The van der Waals surface area contributed by atoms with Crippen LogP contribution in [0.25, 0.3) is 5.52 Å². The zero-order valence-corrected chi connectivity index (χ0v) is 10.6. The molecule has 17 heavy (non-hydrogen) atoms. The van der Waals surface area contributed by atoms with E-state index >= 15 is 0 Å². The first-order valence-electron chi connectivity index (χ1n) is 4.97. The van der Waals surface area contributed by atoms with Gasteiger partial charge in [-0.2, -0.15) is 0 Å². The van der Waals surface area contributed by atoms with Crippen LogP contribution in [0.3, 0.4) is 0 Å². The number of nitrogens with zero attached hydrogens (tertiary/aromatic N) is 3. The lowest BCUT2D eigenvalue weighted by molar-refractivity contribution is 0.0511. The number of esters is 1. The minimum Gasteiger partial charge on any atom is -0.460 e. The summed E-state index contributed by atoms with van der Waals surface area (Å²) >= 11 is 3.24. The Labute approximate surface area is 105 Å². The van der Waals surface area contributed by atoms with Crippen molar-refractivity contribution in [2.45, 2.75) is 13.5 Å². The molecule has 0 aliphatic rings. The minimum atomic E-state index is -0.511. The van der Waals surface area contributed by atoms with Crippen LogP contribution in [0.5, 0.6) is 0 Å². The largest absolute Gasteiger partial charge is 0.460 e. The maximum absolute atomic E-state index is 11.7. The summed E-state index contributed by atoms with van der Waals surface area (Å²) < 4.78 is 6.95. The maximum Gasteiger partial charge on any atom is 0.374 e. The van der Waals surface area contributed by atoms with Gasteiger partial charge in [0.2, 0.25) is 5.82 Å². The minimum absolute atomic E-state index is 0.158. The predicted octanol–water partition coefficient (Wildman–Crippen LogP) is 1.16. The van der Waals surface area contributed by atoms with Crippen molar-refractivity contribution >= 4 is 27.4 Å². The molecule has 0 fully saturated rings. The van der Waals surface area contributed by atoms with Gasteiger partial charge in [0.15, 0.2) is 0 Å². The molecule has 0 aliphatic carbocycles. The van der Waals surface area contributed by atoms with Crippen LogP contribution in [-0.2, 0) is 11.3 Å². The lowest BCUT2D eigenvalue weighted by Crippen LogP contribution is -2.10. The second-order valence-corrected chi connectivity index (χ2v) is 3.99. The number of aliphatic hydroxyl groups is 1. The van der Waals surface area contributed by atoms with Crippen molar-refractivity contribution in [3.63, 3.8) is 0 Å². The average molecular weight is 300 g/mol. The normalized spacial score (nSPS) is 10.8. The van der Waals surface area contributed by atoms with Crippen LogP contribution >= 0.6 is 15.9 Å². The van der Waals surface area contributed by atoms with Gasteiger partial charge in [-0.05, 0) is 22.9 Å². The number of imidazole rings is 1. The molecule has 0 aromatic carbocycles. The molecule has 0 atom stereocenters. The smallest absolute Gasteiger partial charge is 0.374 e. The second kappa shape index (κ2) is 4.80. The number of carbonyl (C=O) groups excluding carboxylic acids is 1. The summed E-state index contributed by atoms with van der Waals surface area (Å²) in [4.78, 5) is 19.7. The maximum atomic E-state index is 11.7. The van der Waals surface area contributed by atoms with Crippen molar-refractivity contribution < 1.29 is 14.6 Å². The molecular formula is C10H10BrN3O3. The van der Waals surface area contributed by atoms with E-state index in [1.54, 1.807) is 17.5 Å². The summed E-state index contributed by atoms with van der Waals surface area (Å²) in [7, 11) is 0. The van der Waals surface area contributed by atoms with E-state index in [2.05, 4.69) is 25.9 Å². The molecular weight excluding hydrogens is 290 g/mol. The van der Waals surface area contributed by atoms with Gasteiger partial charge in [0, 0.05) is 6.20 Å². The van der Waals surface area contributed by atoms with E-state index in [1.807, 2.05) is 0 Å². The van der Waals surface area contributed by atoms with E-state index < -0.39 is 5.97 Å². The lowest BCUT2D eigenvalue weighted by Gasteiger charge is -2.02. The fraction of sp³-hybridized carbons (Fsp3) is 0.300. The van der Waals surface area contributed by atoms with Gasteiger partial charge in [0.05, 0.1) is 30.6 Å². The highest BCUT2D eigenvalue weighted by atomic mass is 79.9. The molecule has 1 N–H and O–H groups in total. The van der Waals surface area contributed by atoms with E-state index in [1.165, 1.54) is 6.20 Å². The van der Waals surface area contributed by atoms with Crippen LogP contribution in [-0.4, -0.2) is 32.1 Å². The van der Waals surface area contributed by atoms with E-state index in [4.69, 9.17) is 9.84 Å². The molecule has 0 amide bonds. The summed E-state index contributed by atoms with van der Waals surface area (Å²) in [5.41, 5.74) is 1.10. The molecule has 2 aromatic heterocycles. The number of rotatable bonds is 3. The summed E-state index contributed by atoms with van der Waals surface area (Å²) in [6, 6.07) is 0. The number of carbonyl (C=O) groups is 1. The lowest BCUT2D eigenvalue weighted by atomic mass is 10.4. The van der Waals surface area contributed by atoms with Crippen molar-refractivity contribution in [2.75, 3.05) is 6.61 Å². The Morgan fingerprint density at radius 3 is 3.06 bits per heavy atom. The fourth-order valence-electron chi connectivity index (χ4n) is 1.41. The van der Waals surface area contributed by atoms with E-state index in [9.17, 15) is 4.79 Å². The third-order valence-corrected chi connectivity index (χ3v) is 2.74. The number of hydrogen-bond acceptors (Lipinski definition) is 5. The average Bonchev–Trinajstić information content (AvgIpc) is 2.66. The molecule has 0 unspecified atom stereocenters. The molecule has 0 saturated heterocycles. The molecule has 7 heteroatoms. The first kappa shape index (κ1) is 12.0. The summed E-state index contributed by atoms with van der Waals surface area (Å²) in [6.07, 6.45) is 3.09. The number of halogens is 1. The van der Waals surface area contributed by atoms with Crippen LogP contribution in [0.1, 0.15) is 23.2 Å². The van der Waals surface area contributed by atoms with Gasteiger partial charge in [-0.3, -0.25) is 9.38 Å². The predicted molar refractivity (Wildman–Crippen MR) is 62.6 cm³/mol. The highest BCUT2D eigenvalue weighted by Crippen LogP contribution is 2.19. The zero-order chi connectivity index (χ0) is 12.4. The third-order valence-electron chi connectivity index (χ3n) is 2.15. The van der Waals surface area contributed by atoms with Crippen LogP contribution in [0.2, 0.25) is 0 Å². The van der Waals surface area contributed by atoms with E-state index in [0.717, 1.165) is 0 Å². The van der Waals surface area contributed by atoms with Gasteiger partial charge in [0.1, 0.15) is 4.60 Å². The van der Waals surface area contributed by atoms with E-state index in [-0.39, 0.29) is 19.0 Å².